The molecule has 3 N–H and O–H groups in total. The number of rotatable bonds is 7. The molecule has 8 heteroatoms. The molecule has 0 aliphatic carbocycles. The van der Waals surface area contributed by atoms with Crippen molar-refractivity contribution < 1.29 is 19.7 Å². The predicted molar refractivity (Wildman–Crippen MR) is 110 cm³/mol. The van der Waals surface area contributed by atoms with Gasteiger partial charge in [-0.1, -0.05) is 6.92 Å². The smallest absolute Gasteiger partial charge is 0.307 e. The fourth-order valence-electron chi connectivity index (χ4n) is 3.67. The number of likely N-dealkylation sites (tertiary alicyclic amines) is 1. The third-order valence-corrected chi connectivity index (χ3v) is 5.26. The van der Waals surface area contributed by atoms with Gasteiger partial charge in [0.15, 0.2) is 0 Å². The van der Waals surface area contributed by atoms with Crippen molar-refractivity contribution in [1.82, 2.24) is 15.1 Å². The summed E-state index contributed by atoms with van der Waals surface area (Å²) in [6, 6.07) is 7.21. The standard InChI is InChI=1S/C21H28N4O4/c1-13-9-19(22-15-5-4-8-25(12-15)11-14(2)21(27)28)23-24-20(13)17-7-6-16(29-3)10-18(17)26/h6-7,9-10,14-15,26H,4-5,8,11-12H2,1-3H3,(H,22,23)(H,27,28)/t14?,15-/m1/s1. The lowest BCUT2D eigenvalue weighted by atomic mass is 10.0. The summed E-state index contributed by atoms with van der Waals surface area (Å²) in [5, 5.41) is 31.4. The van der Waals surface area contributed by atoms with Crippen LogP contribution in [0, 0.1) is 12.8 Å². The summed E-state index contributed by atoms with van der Waals surface area (Å²) in [5.74, 6) is 0.204. The summed E-state index contributed by atoms with van der Waals surface area (Å²) in [4.78, 5) is 13.3. The van der Waals surface area contributed by atoms with Gasteiger partial charge >= 0.3 is 5.97 Å². The predicted octanol–water partition coefficient (Wildman–Crippen LogP) is 2.76. The Morgan fingerprint density at radius 1 is 1.38 bits per heavy atom. The number of hydrogen-bond acceptors (Lipinski definition) is 7. The van der Waals surface area contributed by atoms with E-state index in [2.05, 4.69) is 20.4 Å². The molecule has 156 valence electrons. The number of nitrogens with one attached hydrogen (secondary N) is 1. The number of benzene rings is 1. The first-order valence-corrected chi connectivity index (χ1v) is 9.80. The van der Waals surface area contributed by atoms with Crippen LogP contribution in [0.15, 0.2) is 24.3 Å². The number of carboxylic acid groups (broad SMARTS) is 1. The van der Waals surface area contributed by atoms with E-state index in [1.54, 1.807) is 32.2 Å². The molecule has 1 saturated heterocycles. The van der Waals surface area contributed by atoms with Crippen LogP contribution in [0.1, 0.15) is 25.3 Å². The van der Waals surface area contributed by atoms with Crippen molar-refractivity contribution in [2.45, 2.75) is 32.7 Å². The number of nitrogens with zero attached hydrogens (tertiary/aromatic N) is 3. The summed E-state index contributed by atoms with van der Waals surface area (Å²) in [5.41, 5.74) is 2.13. The number of aromatic hydroxyl groups is 1. The molecule has 1 aromatic carbocycles. The zero-order valence-electron chi connectivity index (χ0n) is 17.1. The number of anilines is 1. The number of aromatic nitrogens is 2. The second-order valence-electron chi connectivity index (χ2n) is 7.63. The van der Waals surface area contributed by atoms with Gasteiger partial charge in [0.1, 0.15) is 17.3 Å². The van der Waals surface area contributed by atoms with Gasteiger partial charge in [-0.05, 0) is 50.1 Å². The lowest BCUT2D eigenvalue weighted by Crippen LogP contribution is -2.44. The van der Waals surface area contributed by atoms with Crippen LogP contribution in [0.4, 0.5) is 5.82 Å². The van der Waals surface area contributed by atoms with E-state index in [4.69, 9.17) is 9.84 Å². The Balaban J connectivity index is 1.68. The van der Waals surface area contributed by atoms with Crippen molar-refractivity contribution in [1.29, 1.82) is 0 Å². The highest BCUT2D eigenvalue weighted by Gasteiger charge is 2.24. The highest BCUT2D eigenvalue weighted by molar-refractivity contribution is 5.71. The fraction of sp³-hybridized carbons (Fsp3) is 0.476. The van der Waals surface area contributed by atoms with Gasteiger partial charge in [0, 0.05) is 30.8 Å². The normalized spacial score (nSPS) is 18.2. The lowest BCUT2D eigenvalue weighted by Gasteiger charge is -2.34. The number of ether oxygens (including phenoxy) is 1. The van der Waals surface area contributed by atoms with Crippen molar-refractivity contribution in [2.24, 2.45) is 5.92 Å². The molecule has 2 atom stereocenters. The molecule has 1 aliphatic heterocycles. The molecule has 0 radical (unpaired) electrons. The first-order chi connectivity index (χ1) is 13.9. The van der Waals surface area contributed by atoms with Crippen molar-refractivity contribution >= 4 is 11.8 Å². The summed E-state index contributed by atoms with van der Waals surface area (Å²) in [6.45, 7) is 5.91. The molecule has 1 aromatic heterocycles. The fourth-order valence-corrected chi connectivity index (χ4v) is 3.67. The van der Waals surface area contributed by atoms with E-state index in [-0.39, 0.29) is 17.7 Å². The van der Waals surface area contributed by atoms with Crippen LogP contribution < -0.4 is 10.1 Å². The molecule has 1 unspecified atom stereocenters. The minimum absolute atomic E-state index is 0.0953. The maximum Gasteiger partial charge on any atom is 0.307 e. The summed E-state index contributed by atoms with van der Waals surface area (Å²) in [6.07, 6.45) is 2.01. The van der Waals surface area contributed by atoms with Crippen LogP contribution >= 0.6 is 0 Å². The number of methoxy groups -OCH3 is 1. The third kappa shape index (κ3) is 5.14. The van der Waals surface area contributed by atoms with Gasteiger partial charge in [0.2, 0.25) is 0 Å². The average Bonchev–Trinajstić information content (AvgIpc) is 2.68. The molecule has 2 aromatic rings. The average molecular weight is 400 g/mol. The second kappa shape index (κ2) is 9.09. The molecular weight excluding hydrogens is 372 g/mol. The van der Waals surface area contributed by atoms with E-state index in [1.165, 1.54) is 0 Å². The van der Waals surface area contributed by atoms with Crippen molar-refractivity contribution in [3.63, 3.8) is 0 Å². The molecule has 29 heavy (non-hydrogen) atoms. The van der Waals surface area contributed by atoms with Gasteiger partial charge in [0.05, 0.1) is 18.7 Å². The number of carboxylic acids is 1. The second-order valence-corrected chi connectivity index (χ2v) is 7.63. The zero-order valence-corrected chi connectivity index (χ0v) is 17.1. The molecule has 3 rings (SSSR count). The highest BCUT2D eigenvalue weighted by Crippen LogP contribution is 2.33. The maximum atomic E-state index is 11.1. The number of aryl methyl sites for hydroxylation is 1. The first kappa shape index (κ1) is 20.9. The van der Waals surface area contributed by atoms with E-state index in [1.807, 2.05) is 13.0 Å². The Morgan fingerprint density at radius 3 is 2.83 bits per heavy atom. The van der Waals surface area contributed by atoms with Crippen LogP contribution in [0.5, 0.6) is 11.5 Å². The van der Waals surface area contributed by atoms with Gasteiger partial charge < -0.3 is 25.2 Å². The Kier molecular flexibility index (Phi) is 6.53. The number of phenolic OH excluding ortho intramolecular Hbond substituents is 1. The number of carbonyl (C=O) groups is 1. The Bertz CT molecular complexity index is 874. The van der Waals surface area contributed by atoms with Gasteiger partial charge in [-0.25, -0.2) is 0 Å². The maximum absolute atomic E-state index is 11.1. The minimum atomic E-state index is -0.765. The van der Waals surface area contributed by atoms with Crippen molar-refractivity contribution in [3.8, 4) is 22.8 Å². The number of piperidine rings is 1. The van der Waals surface area contributed by atoms with Gasteiger partial charge in [-0.15, -0.1) is 10.2 Å². The van der Waals surface area contributed by atoms with Crippen LogP contribution in [-0.4, -0.2) is 64.1 Å². The monoisotopic (exact) mass is 400 g/mol. The van der Waals surface area contributed by atoms with Crippen LogP contribution in [0.25, 0.3) is 11.3 Å². The molecule has 0 saturated carbocycles. The topological polar surface area (TPSA) is 108 Å². The largest absolute Gasteiger partial charge is 0.507 e. The first-order valence-electron chi connectivity index (χ1n) is 9.80. The number of aliphatic carboxylic acids is 1. The number of hydrogen-bond donors (Lipinski definition) is 3. The molecular formula is C21H28N4O4. The van der Waals surface area contributed by atoms with E-state index in [0.717, 1.165) is 31.5 Å². The van der Waals surface area contributed by atoms with Gasteiger partial charge in [-0.2, -0.15) is 0 Å². The quantitative estimate of drug-likeness (QED) is 0.651. The van der Waals surface area contributed by atoms with E-state index >= 15 is 0 Å². The molecule has 0 spiro atoms. The summed E-state index contributed by atoms with van der Waals surface area (Å²) < 4.78 is 5.12. The minimum Gasteiger partial charge on any atom is -0.507 e. The molecule has 0 amide bonds. The molecule has 2 heterocycles. The molecule has 0 bridgehead atoms. The SMILES string of the molecule is COc1ccc(-c2nnc(N[C@@H]3CCCN(CC(C)C(=O)O)C3)cc2C)c(O)c1. The number of phenols is 1. The van der Waals surface area contributed by atoms with E-state index < -0.39 is 5.97 Å². The summed E-state index contributed by atoms with van der Waals surface area (Å²) >= 11 is 0. The zero-order chi connectivity index (χ0) is 21.0. The lowest BCUT2D eigenvalue weighted by molar-refractivity contribution is -0.141. The molecule has 1 aliphatic rings. The summed E-state index contributed by atoms with van der Waals surface area (Å²) in [7, 11) is 1.55. The Morgan fingerprint density at radius 2 is 2.17 bits per heavy atom. The Hall–Kier alpha value is -2.87. The highest BCUT2D eigenvalue weighted by atomic mass is 16.5. The molecule has 8 nitrogen and oxygen atoms in total. The van der Waals surface area contributed by atoms with Crippen molar-refractivity contribution in [2.75, 3.05) is 32.1 Å². The van der Waals surface area contributed by atoms with Crippen molar-refractivity contribution in [3.05, 3.63) is 29.8 Å². The third-order valence-electron chi connectivity index (χ3n) is 5.26. The van der Waals surface area contributed by atoms with E-state index in [9.17, 15) is 9.90 Å². The van der Waals surface area contributed by atoms with Gasteiger partial charge in [0.25, 0.3) is 0 Å². The van der Waals surface area contributed by atoms with Crippen LogP contribution in [0.2, 0.25) is 0 Å². The van der Waals surface area contributed by atoms with Crippen LogP contribution in [0.3, 0.4) is 0 Å². The van der Waals surface area contributed by atoms with Gasteiger partial charge in [-0.3, -0.25) is 4.79 Å². The van der Waals surface area contributed by atoms with Crippen LogP contribution in [-0.2, 0) is 4.79 Å². The Labute approximate surface area is 170 Å². The van der Waals surface area contributed by atoms with E-state index in [0.29, 0.717) is 29.4 Å². The molecule has 1 fully saturated rings.